The van der Waals surface area contributed by atoms with Crippen LogP contribution in [0.3, 0.4) is 0 Å². The highest BCUT2D eigenvalue weighted by atomic mass is 35.6. The molecule has 1 atom stereocenters. The molecule has 2 aromatic rings. The number of hydrogen-bond acceptors (Lipinski definition) is 2. The zero-order chi connectivity index (χ0) is 20.2. The van der Waals surface area contributed by atoms with Gasteiger partial charge in [-0.05, 0) is 42.5 Å². The number of hydrogen-bond donors (Lipinski definition) is 3. The summed E-state index contributed by atoms with van der Waals surface area (Å²) in [5.74, 6) is -1.50. The average molecular weight is 490 g/mol. The Hall–Kier alpha value is -1.02. The van der Waals surface area contributed by atoms with E-state index in [2.05, 4.69) is 16.0 Å². The van der Waals surface area contributed by atoms with Crippen molar-refractivity contribution in [1.29, 1.82) is 0 Å². The third kappa shape index (κ3) is 6.52. The van der Waals surface area contributed by atoms with Gasteiger partial charge in [0.25, 0.3) is 5.91 Å². The first-order chi connectivity index (χ1) is 12.6. The monoisotopic (exact) mass is 487 g/mol. The molecule has 0 aliphatic heterocycles. The minimum Gasteiger partial charge on any atom is -0.339 e. The van der Waals surface area contributed by atoms with E-state index in [4.69, 9.17) is 70.2 Å². The molecule has 4 nitrogen and oxygen atoms in total. The molecule has 0 spiro atoms. The van der Waals surface area contributed by atoms with Gasteiger partial charge in [0.1, 0.15) is 12.0 Å². The maximum Gasteiger partial charge on any atom is 0.255 e. The highest BCUT2D eigenvalue weighted by Gasteiger charge is 2.35. The lowest BCUT2D eigenvalue weighted by molar-refractivity contribution is 0.0930. The highest BCUT2D eigenvalue weighted by Crippen LogP contribution is 2.30. The third-order valence-electron chi connectivity index (χ3n) is 3.18. The lowest BCUT2D eigenvalue weighted by Crippen LogP contribution is -2.56. The average Bonchev–Trinajstić information content (AvgIpc) is 2.56. The molecule has 144 valence electrons. The van der Waals surface area contributed by atoms with Crippen molar-refractivity contribution in [2.45, 2.75) is 9.96 Å². The molecule has 1 amide bonds. The molecule has 0 aliphatic rings. The van der Waals surface area contributed by atoms with Crippen LogP contribution in [0.4, 0.5) is 10.1 Å². The number of benzene rings is 2. The van der Waals surface area contributed by atoms with E-state index in [9.17, 15) is 9.18 Å². The minimum atomic E-state index is -1.99. The molecule has 3 N–H and O–H groups in total. The Morgan fingerprint density at radius 2 is 1.74 bits per heavy atom. The van der Waals surface area contributed by atoms with Gasteiger partial charge in [-0.3, -0.25) is 4.79 Å². The number of alkyl halides is 3. The quantitative estimate of drug-likeness (QED) is 0.300. The molecule has 2 aromatic carbocycles. The fourth-order valence-corrected chi connectivity index (χ4v) is 2.95. The van der Waals surface area contributed by atoms with Crippen LogP contribution in [0.2, 0.25) is 10.0 Å². The number of rotatable bonds is 4. The molecule has 0 heterocycles. The van der Waals surface area contributed by atoms with Crippen molar-refractivity contribution >= 4 is 86.9 Å². The Morgan fingerprint density at radius 1 is 1.07 bits per heavy atom. The van der Waals surface area contributed by atoms with Crippen LogP contribution < -0.4 is 16.0 Å². The Kier molecular flexibility index (Phi) is 7.80. The van der Waals surface area contributed by atoms with E-state index < -0.39 is 21.7 Å². The first-order valence-corrected chi connectivity index (χ1v) is 9.52. The van der Waals surface area contributed by atoms with Crippen molar-refractivity contribution in [3.8, 4) is 0 Å². The molecule has 0 fully saturated rings. The van der Waals surface area contributed by atoms with Crippen molar-refractivity contribution in [3.05, 3.63) is 63.9 Å². The maximum absolute atomic E-state index is 13.8. The van der Waals surface area contributed by atoms with E-state index in [-0.39, 0.29) is 10.7 Å². The number of amides is 1. The molecule has 11 heteroatoms. The van der Waals surface area contributed by atoms with E-state index in [1.807, 2.05) is 0 Å². The standard InChI is InChI=1S/C16H11Cl5FN3OS/c17-8-5-6-12(10(18)7-8)23-15(27)25-14(16(19,20)21)24-13(26)9-3-1-2-4-11(9)22/h1-7,14H,(H,24,26)(H2,23,25,27)/t14-/m0/s1. The lowest BCUT2D eigenvalue weighted by atomic mass is 10.2. The van der Waals surface area contributed by atoms with Crippen molar-refractivity contribution in [2.24, 2.45) is 0 Å². The highest BCUT2D eigenvalue weighted by molar-refractivity contribution is 7.80. The summed E-state index contributed by atoms with van der Waals surface area (Å²) >= 11 is 34.7. The maximum atomic E-state index is 13.8. The molecule has 0 saturated carbocycles. The van der Waals surface area contributed by atoms with Gasteiger partial charge in [0.2, 0.25) is 3.79 Å². The van der Waals surface area contributed by atoms with Gasteiger partial charge in [-0.25, -0.2) is 4.39 Å². The summed E-state index contributed by atoms with van der Waals surface area (Å²) in [6.07, 6.45) is -1.26. The second-order valence-corrected chi connectivity index (χ2v) is 8.77. The number of thiocarbonyl (C=S) groups is 1. The summed E-state index contributed by atoms with van der Waals surface area (Å²) in [7, 11) is 0. The van der Waals surface area contributed by atoms with E-state index in [0.717, 1.165) is 6.07 Å². The molecular formula is C16H11Cl5FN3OS. The molecule has 0 unspecified atom stereocenters. The van der Waals surface area contributed by atoms with Gasteiger partial charge in [0.15, 0.2) is 5.11 Å². The SMILES string of the molecule is O=C(N[C@@H](NC(=S)Nc1ccc(Cl)cc1Cl)C(Cl)(Cl)Cl)c1ccccc1F. The van der Waals surface area contributed by atoms with Crippen LogP contribution in [0.25, 0.3) is 0 Å². The van der Waals surface area contributed by atoms with Crippen LogP contribution in [0.15, 0.2) is 42.5 Å². The van der Waals surface area contributed by atoms with Gasteiger partial charge in [-0.15, -0.1) is 0 Å². The van der Waals surface area contributed by atoms with Gasteiger partial charge in [-0.2, -0.15) is 0 Å². The van der Waals surface area contributed by atoms with Gasteiger partial charge in [0, 0.05) is 5.02 Å². The van der Waals surface area contributed by atoms with Crippen molar-refractivity contribution < 1.29 is 9.18 Å². The molecule has 0 radical (unpaired) electrons. The summed E-state index contributed by atoms with van der Waals surface area (Å²) in [6, 6.07) is 10.1. The molecule has 2 rings (SSSR count). The van der Waals surface area contributed by atoms with Gasteiger partial charge >= 0.3 is 0 Å². The fourth-order valence-electron chi connectivity index (χ4n) is 1.93. The summed E-state index contributed by atoms with van der Waals surface area (Å²) < 4.78 is 11.8. The Balaban J connectivity index is 2.11. The predicted octanol–water partition coefficient (Wildman–Crippen LogP) is 5.55. The van der Waals surface area contributed by atoms with Crippen LogP contribution in [0.5, 0.6) is 0 Å². The zero-order valence-electron chi connectivity index (χ0n) is 13.2. The number of carbonyl (C=O) groups is 1. The van der Waals surface area contributed by atoms with Crippen LogP contribution in [-0.2, 0) is 0 Å². The van der Waals surface area contributed by atoms with Crippen molar-refractivity contribution in [1.82, 2.24) is 10.6 Å². The van der Waals surface area contributed by atoms with Crippen LogP contribution in [0, 0.1) is 5.82 Å². The Bertz CT molecular complexity index is 862. The van der Waals surface area contributed by atoms with Crippen LogP contribution >= 0.6 is 70.2 Å². The predicted molar refractivity (Wildman–Crippen MR) is 114 cm³/mol. The number of halogens is 6. The summed E-state index contributed by atoms with van der Waals surface area (Å²) in [4.78, 5) is 12.3. The number of carbonyl (C=O) groups excluding carboxylic acids is 1. The van der Waals surface area contributed by atoms with E-state index in [0.29, 0.717) is 15.7 Å². The van der Waals surface area contributed by atoms with Crippen LogP contribution in [0.1, 0.15) is 10.4 Å². The van der Waals surface area contributed by atoms with Crippen molar-refractivity contribution in [3.63, 3.8) is 0 Å². The molecular weight excluding hydrogens is 479 g/mol. The summed E-state index contributed by atoms with van der Waals surface area (Å²) in [5.41, 5.74) is 0.236. The second-order valence-electron chi connectivity index (χ2n) is 5.15. The molecule has 0 aliphatic carbocycles. The smallest absolute Gasteiger partial charge is 0.255 e. The zero-order valence-corrected chi connectivity index (χ0v) is 17.8. The molecule has 0 bridgehead atoms. The molecule has 0 aromatic heterocycles. The van der Waals surface area contributed by atoms with Crippen LogP contribution in [-0.4, -0.2) is 21.0 Å². The molecule has 0 saturated heterocycles. The largest absolute Gasteiger partial charge is 0.339 e. The van der Waals surface area contributed by atoms with E-state index >= 15 is 0 Å². The Labute approximate surface area is 185 Å². The fraction of sp³-hybridized carbons (Fsp3) is 0.125. The Morgan fingerprint density at radius 3 is 2.33 bits per heavy atom. The van der Waals surface area contributed by atoms with E-state index in [1.165, 1.54) is 24.3 Å². The normalized spacial score (nSPS) is 12.2. The second kappa shape index (κ2) is 9.45. The summed E-state index contributed by atoms with van der Waals surface area (Å²) in [5, 5.41) is 8.59. The van der Waals surface area contributed by atoms with Gasteiger partial charge in [0.05, 0.1) is 16.3 Å². The minimum absolute atomic E-state index is 0.00406. The number of nitrogens with one attached hydrogen (secondary N) is 3. The first-order valence-electron chi connectivity index (χ1n) is 7.22. The van der Waals surface area contributed by atoms with Gasteiger partial charge < -0.3 is 16.0 Å². The topological polar surface area (TPSA) is 53.2 Å². The van der Waals surface area contributed by atoms with Gasteiger partial charge in [-0.1, -0.05) is 70.1 Å². The lowest BCUT2D eigenvalue weighted by Gasteiger charge is -2.28. The third-order valence-corrected chi connectivity index (χ3v) is 4.60. The first kappa shape index (κ1) is 22.3. The number of anilines is 1. The summed E-state index contributed by atoms with van der Waals surface area (Å²) in [6.45, 7) is 0. The van der Waals surface area contributed by atoms with E-state index in [1.54, 1.807) is 12.1 Å². The molecule has 27 heavy (non-hydrogen) atoms. The van der Waals surface area contributed by atoms with Crippen molar-refractivity contribution in [2.75, 3.05) is 5.32 Å².